The predicted octanol–water partition coefficient (Wildman–Crippen LogP) is 0.371. The molecule has 0 saturated carbocycles. The minimum Gasteiger partial charge on any atom is -0.368 e. The van der Waals surface area contributed by atoms with Gasteiger partial charge in [0.15, 0.2) is 0 Å². The molecule has 2 aliphatic rings. The lowest BCUT2D eigenvalue weighted by Crippen LogP contribution is -2.52. The Bertz CT molecular complexity index is 712. The van der Waals surface area contributed by atoms with E-state index in [0.29, 0.717) is 19.1 Å². The molecule has 0 aliphatic carbocycles. The Kier molecular flexibility index (Phi) is 5.31. The van der Waals surface area contributed by atoms with Crippen LogP contribution >= 0.6 is 0 Å². The number of hydrogen-bond acceptors (Lipinski definition) is 5. The van der Waals surface area contributed by atoms with Crippen molar-refractivity contribution in [2.45, 2.75) is 30.7 Å². The average Bonchev–Trinajstić information content (AvgIpc) is 2.61. The molecule has 7 nitrogen and oxygen atoms in total. The van der Waals surface area contributed by atoms with Crippen molar-refractivity contribution in [3.05, 3.63) is 24.3 Å². The summed E-state index contributed by atoms with van der Waals surface area (Å²) in [6.45, 7) is 5.95. The summed E-state index contributed by atoms with van der Waals surface area (Å²) < 4.78 is 22.7. The number of nitrogens with two attached hydrogens (primary N) is 1. The number of anilines is 1. The van der Waals surface area contributed by atoms with Crippen molar-refractivity contribution in [3.8, 4) is 0 Å². The van der Waals surface area contributed by atoms with Crippen LogP contribution in [-0.4, -0.2) is 58.0 Å². The SMILES string of the molecule is C[C@H]1C[C@@H](C(=O)N2CCN(c3ccc(S(N)(=O)=O)cc3)CC2)CCN1. The first-order chi connectivity index (χ1) is 11.8. The fourth-order valence-corrected chi connectivity index (χ4v) is 4.16. The highest BCUT2D eigenvalue weighted by Gasteiger charge is 2.30. The van der Waals surface area contributed by atoms with Crippen molar-refractivity contribution in [1.82, 2.24) is 10.2 Å². The van der Waals surface area contributed by atoms with E-state index in [2.05, 4.69) is 17.1 Å². The van der Waals surface area contributed by atoms with Crippen molar-refractivity contribution in [2.24, 2.45) is 11.1 Å². The van der Waals surface area contributed by atoms with Crippen molar-refractivity contribution in [3.63, 3.8) is 0 Å². The Morgan fingerprint density at radius 1 is 1.16 bits per heavy atom. The molecule has 1 aromatic carbocycles. The first-order valence-electron chi connectivity index (χ1n) is 8.74. The Labute approximate surface area is 149 Å². The van der Waals surface area contributed by atoms with Gasteiger partial charge in [-0.3, -0.25) is 4.79 Å². The molecule has 2 aliphatic heterocycles. The zero-order valence-corrected chi connectivity index (χ0v) is 15.3. The fraction of sp³-hybridized carbons (Fsp3) is 0.588. The second-order valence-electron chi connectivity index (χ2n) is 6.93. The zero-order valence-electron chi connectivity index (χ0n) is 14.5. The summed E-state index contributed by atoms with van der Waals surface area (Å²) in [5, 5.41) is 8.51. The molecular formula is C17H26N4O3S. The van der Waals surface area contributed by atoms with E-state index in [4.69, 9.17) is 5.14 Å². The number of piperidine rings is 1. The quantitative estimate of drug-likeness (QED) is 0.806. The summed E-state index contributed by atoms with van der Waals surface area (Å²) in [5.74, 6) is 0.411. The molecule has 2 heterocycles. The number of nitrogens with one attached hydrogen (secondary N) is 1. The highest BCUT2D eigenvalue weighted by Crippen LogP contribution is 2.22. The highest BCUT2D eigenvalue weighted by molar-refractivity contribution is 7.89. The Hall–Kier alpha value is -1.64. The van der Waals surface area contributed by atoms with Crippen LogP contribution in [0.1, 0.15) is 19.8 Å². The number of sulfonamides is 1. The molecule has 1 amide bonds. The number of piperazine rings is 1. The van der Waals surface area contributed by atoms with Crippen LogP contribution in [0.25, 0.3) is 0 Å². The first kappa shape index (κ1) is 18.2. The van der Waals surface area contributed by atoms with Gasteiger partial charge in [-0.25, -0.2) is 13.6 Å². The highest BCUT2D eigenvalue weighted by atomic mass is 32.2. The third-order valence-electron chi connectivity index (χ3n) is 5.09. The van der Waals surface area contributed by atoms with Crippen molar-refractivity contribution in [1.29, 1.82) is 0 Å². The third-order valence-corrected chi connectivity index (χ3v) is 6.02. The van der Waals surface area contributed by atoms with E-state index in [0.717, 1.165) is 38.2 Å². The van der Waals surface area contributed by atoms with Gasteiger partial charge in [0.1, 0.15) is 0 Å². The van der Waals surface area contributed by atoms with Gasteiger partial charge in [-0.05, 0) is 50.6 Å². The van der Waals surface area contributed by atoms with Gasteiger partial charge in [0.2, 0.25) is 15.9 Å². The van der Waals surface area contributed by atoms with E-state index in [1.807, 2.05) is 4.90 Å². The molecule has 2 fully saturated rings. The van der Waals surface area contributed by atoms with Gasteiger partial charge in [-0.15, -0.1) is 0 Å². The standard InChI is InChI=1S/C17H26N4O3S/c1-13-12-14(6-7-19-13)17(22)21-10-8-20(9-11-21)15-2-4-16(5-3-15)25(18,23)24/h2-5,13-14,19H,6-12H2,1H3,(H2,18,23,24)/t13-,14-/m0/s1. The molecule has 25 heavy (non-hydrogen) atoms. The van der Waals surface area contributed by atoms with Gasteiger partial charge in [-0.1, -0.05) is 0 Å². The van der Waals surface area contributed by atoms with Gasteiger partial charge >= 0.3 is 0 Å². The summed E-state index contributed by atoms with van der Waals surface area (Å²) in [5.41, 5.74) is 0.954. The van der Waals surface area contributed by atoms with Gasteiger partial charge in [0, 0.05) is 43.8 Å². The number of benzene rings is 1. The Morgan fingerprint density at radius 3 is 2.36 bits per heavy atom. The van der Waals surface area contributed by atoms with Gasteiger partial charge in [-0.2, -0.15) is 0 Å². The molecule has 3 rings (SSSR count). The molecule has 0 unspecified atom stereocenters. The predicted molar refractivity (Wildman–Crippen MR) is 96.8 cm³/mol. The van der Waals surface area contributed by atoms with Crippen LogP contribution in [-0.2, 0) is 14.8 Å². The van der Waals surface area contributed by atoms with Gasteiger partial charge in [0.25, 0.3) is 0 Å². The first-order valence-corrected chi connectivity index (χ1v) is 10.3. The van der Waals surface area contributed by atoms with Crippen LogP contribution in [0, 0.1) is 5.92 Å². The maximum atomic E-state index is 12.7. The van der Waals surface area contributed by atoms with Crippen LogP contribution in [0.2, 0.25) is 0 Å². The van der Waals surface area contributed by atoms with E-state index < -0.39 is 10.0 Å². The van der Waals surface area contributed by atoms with Crippen LogP contribution in [0.3, 0.4) is 0 Å². The Morgan fingerprint density at radius 2 is 1.80 bits per heavy atom. The summed E-state index contributed by atoms with van der Waals surface area (Å²) in [6.07, 6.45) is 1.83. The molecule has 3 N–H and O–H groups in total. The lowest BCUT2D eigenvalue weighted by Gasteiger charge is -2.39. The Balaban J connectivity index is 1.57. The molecule has 0 spiro atoms. The minimum atomic E-state index is -3.66. The summed E-state index contributed by atoms with van der Waals surface area (Å²) in [4.78, 5) is 17.0. The van der Waals surface area contributed by atoms with Gasteiger partial charge in [0.05, 0.1) is 4.90 Å². The largest absolute Gasteiger partial charge is 0.368 e. The number of carbonyl (C=O) groups excluding carboxylic acids is 1. The number of rotatable bonds is 3. The molecule has 1 aromatic rings. The van der Waals surface area contributed by atoms with Crippen LogP contribution in [0.5, 0.6) is 0 Å². The van der Waals surface area contributed by atoms with E-state index in [9.17, 15) is 13.2 Å². The molecule has 0 bridgehead atoms. The van der Waals surface area contributed by atoms with E-state index in [-0.39, 0.29) is 16.7 Å². The lowest BCUT2D eigenvalue weighted by molar-refractivity contribution is -0.137. The normalized spacial score (nSPS) is 25.0. The smallest absolute Gasteiger partial charge is 0.238 e. The van der Waals surface area contributed by atoms with Crippen LogP contribution < -0.4 is 15.4 Å². The van der Waals surface area contributed by atoms with E-state index in [1.54, 1.807) is 12.1 Å². The number of amides is 1. The third kappa shape index (κ3) is 4.31. The van der Waals surface area contributed by atoms with Crippen molar-refractivity contribution < 1.29 is 13.2 Å². The summed E-state index contributed by atoms with van der Waals surface area (Å²) in [7, 11) is -3.66. The maximum Gasteiger partial charge on any atom is 0.238 e. The molecule has 2 saturated heterocycles. The second kappa shape index (κ2) is 7.31. The summed E-state index contributed by atoms with van der Waals surface area (Å²) in [6, 6.07) is 7.00. The fourth-order valence-electron chi connectivity index (χ4n) is 3.65. The minimum absolute atomic E-state index is 0.116. The molecule has 8 heteroatoms. The molecule has 0 radical (unpaired) electrons. The van der Waals surface area contributed by atoms with Crippen LogP contribution in [0.4, 0.5) is 5.69 Å². The lowest BCUT2D eigenvalue weighted by atomic mass is 9.92. The van der Waals surface area contributed by atoms with Gasteiger partial charge < -0.3 is 15.1 Å². The maximum absolute atomic E-state index is 12.7. The summed E-state index contributed by atoms with van der Waals surface area (Å²) >= 11 is 0. The van der Waals surface area contributed by atoms with Crippen molar-refractivity contribution >= 4 is 21.6 Å². The number of nitrogens with zero attached hydrogens (tertiary/aromatic N) is 2. The van der Waals surface area contributed by atoms with Crippen molar-refractivity contribution in [2.75, 3.05) is 37.6 Å². The molecule has 2 atom stereocenters. The van der Waals surface area contributed by atoms with Crippen LogP contribution in [0.15, 0.2) is 29.2 Å². The topological polar surface area (TPSA) is 95.7 Å². The monoisotopic (exact) mass is 366 g/mol. The number of hydrogen-bond donors (Lipinski definition) is 2. The second-order valence-corrected chi connectivity index (χ2v) is 8.49. The van der Waals surface area contributed by atoms with E-state index >= 15 is 0 Å². The van der Waals surface area contributed by atoms with E-state index in [1.165, 1.54) is 12.1 Å². The molecule has 138 valence electrons. The molecular weight excluding hydrogens is 340 g/mol. The zero-order chi connectivity index (χ0) is 18.0. The number of carbonyl (C=O) groups is 1. The molecule has 0 aromatic heterocycles. The number of primary sulfonamides is 1. The average molecular weight is 366 g/mol.